The summed E-state index contributed by atoms with van der Waals surface area (Å²) in [7, 11) is 0. The molecule has 2 aromatic carbocycles. The van der Waals surface area contributed by atoms with Gasteiger partial charge in [0.15, 0.2) is 0 Å². The maximum absolute atomic E-state index is 12.8. The molecule has 0 unspecified atom stereocenters. The maximum atomic E-state index is 12.8. The second kappa shape index (κ2) is 7.92. The van der Waals surface area contributed by atoms with Crippen molar-refractivity contribution in [2.45, 2.75) is 26.8 Å². The molecule has 3 rings (SSSR count). The van der Waals surface area contributed by atoms with Crippen molar-refractivity contribution in [2.24, 2.45) is 0 Å². The lowest BCUT2D eigenvalue weighted by Gasteiger charge is -2.36. The van der Waals surface area contributed by atoms with Crippen LogP contribution in [-0.2, 0) is 0 Å². The SMILES string of the molecule is Cc1ccc([C@@H](C)[NH+]2CCN(C(=O)c3ccccc3C(=O)[O-])CC2)c(C)c1. The van der Waals surface area contributed by atoms with Crippen LogP contribution >= 0.6 is 0 Å². The summed E-state index contributed by atoms with van der Waals surface area (Å²) in [5.74, 6) is -1.54. The van der Waals surface area contributed by atoms with Gasteiger partial charge in [0.25, 0.3) is 5.91 Å². The molecule has 1 fully saturated rings. The van der Waals surface area contributed by atoms with Gasteiger partial charge in [0.1, 0.15) is 6.04 Å². The van der Waals surface area contributed by atoms with E-state index in [0.29, 0.717) is 19.1 Å². The molecule has 2 aromatic rings. The first-order chi connectivity index (χ1) is 12.9. The van der Waals surface area contributed by atoms with Gasteiger partial charge in [-0.1, -0.05) is 42.0 Å². The monoisotopic (exact) mass is 366 g/mol. The molecule has 5 heteroatoms. The summed E-state index contributed by atoms with van der Waals surface area (Å²) in [6.45, 7) is 9.39. The summed E-state index contributed by atoms with van der Waals surface area (Å²) in [5, 5.41) is 11.3. The third-order valence-corrected chi connectivity index (χ3v) is 5.57. The van der Waals surface area contributed by atoms with Gasteiger partial charge in [0.05, 0.1) is 32.1 Å². The van der Waals surface area contributed by atoms with Crippen molar-refractivity contribution in [1.29, 1.82) is 0 Å². The Bertz CT molecular complexity index is 854. The van der Waals surface area contributed by atoms with Crippen LogP contribution in [0.3, 0.4) is 0 Å². The van der Waals surface area contributed by atoms with Crippen LogP contribution < -0.4 is 10.0 Å². The van der Waals surface area contributed by atoms with E-state index >= 15 is 0 Å². The van der Waals surface area contributed by atoms with E-state index in [0.717, 1.165) is 13.1 Å². The Balaban J connectivity index is 1.68. The fourth-order valence-corrected chi connectivity index (χ4v) is 3.98. The van der Waals surface area contributed by atoms with Gasteiger partial charge < -0.3 is 19.7 Å². The van der Waals surface area contributed by atoms with Crippen LogP contribution in [0.15, 0.2) is 42.5 Å². The summed E-state index contributed by atoms with van der Waals surface area (Å²) in [6, 6.07) is 13.2. The molecule has 1 saturated heterocycles. The third kappa shape index (κ3) is 4.03. The predicted octanol–water partition coefficient (Wildman–Crippen LogP) is 0.769. The second-order valence-corrected chi connectivity index (χ2v) is 7.37. The van der Waals surface area contributed by atoms with Crippen LogP contribution in [0.4, 0.5) is 0 Å². The van der Waals surface area contributed by atoms with Gasteiger partial charge in [0, 0.05) is 16.7 Å². The summed E-state index contributed by atoms with van der Waals surface area (Å²) in [4.78, 5) is 27.3. The molecule has 0 radical (unpaired) electrons. The lowest BCUT2D eigenvalue weighted by molar-refractivity contribution is -0.933. The lowest BCUT2D eigenvalue weighted by Crippen LogP contribution is -3.14. The molecule has 1 aliphatic heterocycles. The maximum Gasteiger partial charge on any atom is 0.254 e. The van der Waals surface area contributed by atoms with Crippen LogP contribution in [0.2, 0.25) is 0 Å². The molecule has 27 heavy (non-hydrogen) atoms. The number of carbonyl (C=O) groups is 2. The van der Waals surface area contributed by atoms with Crippen molar-refractivity contribution < 1.29 is 19.6 Å². The molecule has 0 spiro atoms. The Hall–Kier alpha value is -2.66. The number of carboxylic acids is 1. The first kappa shape index (κ1) is 19.1. The smallest absolute Gasteiger partial charge is 0.254 e. The number of amides is 1. The number of quaternary nitrogens is 1. The highest BCUT2D eigenvalue weighted by Gasteiger charge is 2.29. The van der Waals surface area contributed by atoms with E-state index in [2.05, 4.69) is 39.0 Å². The number of benzene rings is 2. The Morgan fingerprint density at radius 2 is 1.67 bits per heavy atom. The molecule has 0 aromatic heterocycles. The van der Waals surface area contributed by atoms with Crippen molar-refractivity contribution >= 4 is 11.9 Å². The molecule has 142 valence electrons. The van der Waals surface area contributed by atoms with E-state index in [4.69, 9.17) is 0 Å². The number of piperazine rings is 1. The van der Waals surface area contributed by atoms with Gasteiger partial charge in [0.2, 0.25) is 0 Å². The molecule has 1 aliphatic rings. The van der Waals surface area contributed by atoms with Crippen LogP contribution in [0, 0.1) is 13.8 Å². The minimum absolute atomic E-state index is 0.0408. The first-order valence-electron chi connectivity index (χ1n) is 9.40. The third-order valence-electron chi connectivity index (χ3n) is 5.57. The average Bonchev–Trinajstić information content (AvgIpc) is 2.67. The fourth-order valence-electron chi connectivity index (χ4n) is 3.98. The summed E-state index contributed by atoms with van der Waals surface area (Å²) >= 11 is 0. The Kier molecular flexibility index (Phi) is 5.61. The minimum Gasteiger partial charge on any atom is -0.545 e. The number of carboxylic acid groups (broad SMARTS) is 1. The topological polar surface area (TPSA) is 64.9 Å². The standard InChI is InChI=1S/C22H26N2O3/c1-15-8-9-18(16(2)14-15)17(3)23-10-12-24(13-11-23)21(25)19-6-4-5-7-20(19)22(26)27/h4-9,14,17H,10-13H2,1-3H3,(H,26,27)/t17-/m1/s1. The van der Waals surface area contributed by atoms with Gasteiger partial charge in [-0.05, 0) is 32.4 Å². The summed E-state index contributed by atoms with van der Waals surface area (Å²) < 4.78 is 0. The zero-order valence-electron chi connectivity index (χ0n) is 16.1. The normalized spacial score (nSPS) is 16.2. The van der Waals surface area contributed by atoms with Gasteiger partial charge in [-0.3, -0.25) is 4.79 Å². The van der Waals surface area contributed by atoms with E-state index in [1.807, 2.05) is 0 Å². The molecule has 1 N–H and O–H groups in total. The number of aromatic carboxylic acids is 1. The number of nitrogens with zero attached hydrogens (tertiary/aromatic N) is 1. The van der Waals surface area contributed by atoms with Crippen molar-refractivity contribution in [3.05, 3.63) is 70.3 Å². The van der Waals surface area contributed by atoms with Gasteiger partial charge >= 0.3 is 0 Å². The van der Waals surface area contributed by atoms with E-state index < -0.39 is 5.97 Å². The largest absolute Gasteiger partial charge is 0.545 e. The predicted molar refractivity (Wildman–Crippen MR) is 102 cm³/mol. The second-order valence-electron chi connectivity index (χ2n) is 7.37. The molecule has 1 heterocycles. The highest BCUT2D eigenvalue weighted by atomic mass is 16.4. The molecule has 5 nitrogen and oxygen atoms in total. The Morgan fingerprint density at radius 1 is 1.04 bits per heavy atom. The zero-order chi connectivity index (χ0) is 19.6. The van der Waals surface area contributed by atoms with Crippen molar-refractivity contribution in [3.63, 3.8) is 0 Å². The van der Waals surface area contributed by atoms with Crippen LogP contribution in [-0.4, -0.2) is 43.0 Å². The van der Waals surface area contributed by atoms with Crippen LogP contribution in [0.5, 0.6) is 0 Å². The molecule has 0 aliphatic carbocycles. The van der Waals surface area contributed by atoms with E-state index in [1.54, 1.807) is 23.1 Å². The van der Waals surface area contributed by atoms with E-state index in [-0.39, 0.29) is 17.0 Å². The molecule has 1 amide bonds. The number of rotatable bonds is 4. The average molecular weight is 366 g/mol. The lowest BCUT2D eigenvalue weighted by atomic mass is 9.98. The van der Waals surface area contributed by atoms with Crippen LogP contribution in [0.25, 0.3) is 0 Å². The Labute approximate surface area is 160 Å². The highest BCUT2D eigenvalue weighted by Crippen LogP contribution is 2.17. The van der Waals surface area contributed by atoms with Crippen molar-refractivity contribution in [1.82, 2.24) is 4.90 Å². The first-order valence-corrected chi connectivity index (χ1v) is 9.40. The molecular formula is C22H26N2O3. The fraction of sp³-hybridized carbons (Fsp3) is 0.364. The number of hydrogen-bond acceptors (Lipinski definition) is 3. The molecule has 1 atom stereocenters. The van der Waals surface area contributed by atoms with E-state index in [1.165, 1.54) is 27.7 Å². The summed E-state index contributed by atoms with van der Waals surface area (Å²) in [6.07, 6.45) is 0. The Morgan fingerprint density at radius 3 is 2.26 bits per heavy atom. The number of aryl methyl sites for hydroxylation is 2. The van der Waals surface area contributed by atoms with Crippen LogP contribution in [0.1, 0.15) is 50.4 Å². The van der Waals surface area contributed by atoms with Gasteiger partial charge in [-0.2, -0.15) is 0 Å². The summed E-state index contributed by atoms with van der Waals surface area (Å²) in [5.41, 5.74) is 4.08. The minimum atomic E-state index is -1.31. The number of hydrogen-bond donors (Lipinski definition) is 1. The molecule has 0 bridgehead atoms. The van der Waals surface area contributed by atoms with Gasteiger partial charge in [-0.25, -0.2) is 0 Å². The van der Waals surface area contributed by atoms with E-state index in [9.17, 15) is 14.7 Å². The number of carbonyl (C=O) groups excluding carboxylic acids is 2. The molecule has 0 saturated carbocycles. The number of nitrogens with one attached hydrogen (secondary N) is 1. The van der Waals surface area contributed by atoms with Crippen molar-refractivity contribution in [2.75, 3.05) is 26.2 Å². The molecular weight excluding hydrogens is 340 g/mol. The zero-order valence-corrected chi connectivity index (χ0v) is 16.1. The van der Waals surface area contributed by atoms with Crippen molar-refractivity contribution in [3.8, 4) is 0 Å². The highest BCUT2D eigenvalue weighted by molar-refractivity contribution is 6.04. The van der Waals surface area contributed by atoms with Gasteiger partial charge in [-0.15, -0.1) is 0 Å². The quantitative estimate of drug-likeness (QED) is 0.869.